The van der Waals surface area contributed by atoms with Crippen LogP contribution in [0.3, 0.4) is 0 Å². The van der Waals surface area contributed by atoms with Gasteiger partial charge in [0.05, 0.1) is 0 Å². The van der Waals surface area contributed by atoms with Crippen molar-refractivity contribution in [3.8, 4) is 0 Å². The monoisotopic (exact) mass is 177 g/mol. The minimum absolute atomic E-state index is 0.713. The Morgan fingerprint density at radius 3 is 2.27 bits per heavy atom. The third kappa shape index (κ3) is 6.64. The number of hydrogen-bond acceptors (Lipinski definition) is 1. The fourth-order valence-corrected chi connectivity index (χ4v) is 1.29. The third-order valence-electron chi connectivity index (χ3n) is 1.98. The van der Waals surface area contributed by atoms with Crippen molar-refractivity contribution in [1.29, 1.82) is 0 Å². The number of halogens is 1. The molecule has 11 heavy (non-hydrogen) atoms. The molecule has 0 aromatic rings. The SMILES string of the molecule is CCC(CC)NCCCCCl. The molecule has 0 spiro atoms. The minimum Gasteiger partial charge on any atom is -0.314 e. The second-order valence-electron chi connectivity index (χ2n) is 2.86. The van der Waals surface area contributed by atoms with Gasteiger partial charge in [-0.05, 0) is 32.2 Å². The molecule has 0 aliphatic heterocycles. The van der Waals surface area contributed by atoms with Gasteiger partial charge < -0.3 is 5.32 Å². The Bertz CT molecular complexity index is 72.0. The third-order valence-corrected chi connectivity index (χ3v) is 2.25. The van der Waals surface area contributed by atoms with Gasteiger partial charge in [-0.2, -0.15) is 0 Å². The fraction of sp³-hybridized carbons (Fsp3) is 1.00. The van der Waals surface area contributed by atoms with E-state index in [9.17, 15) is 0 Å². The van der Waals surface area contributed by atoms with Gasteiger partial charge in [0.15, 0.2) is 0 Å². The van der Waals surface area contributed by atoms with Crippen molar-refractivity contribution >= 4 is 11.6 Å². The van der Waals surface area contributed by atoms with Crippen LogP contribution in [0, 0.1) is 0 Å². The molecule has 0 unspecified atom stereocenters. The molecule has 1 nitrogen and oxygen atoms in total. The number of alkyl halides is 1. The summed E-state index contributed by atoms with van der Waals surface area (Å²) < 4.78 is 0. The second kappa shape index (κ2) is 8.35. The minimum atomic E-state index is 0.713. The van der Waals surface area contributed by atoms with Gasteiger partial charge in [0, 0.05) is 11.9 Å². The topological polar surface area (TPSA) is 12.0 Å². The lowest BCUT2D eigenvalue weighted by Crippen LogP contribution is -2.28. The maximum atomic E-state index is 5.56. The number of nitrogens with one attached hydrogen (secondary N) is 1. The lowest BCUT2D eigenvalue weighted by molar-refractivity contribution is 0.477. The first-order valence-electron chi connectivity index (χ1n) is 4.64. The van der Waals surface area contributed by atoms with Crippen LogP contribution in [0.2, 0.25) is 0 Å². The zero-order valence-electron chi connectivity index (χ0n) is 7.70. The summed E-state index contributed by atoms with van der Waals surface area (Å²) in [7, 11) is 0. The van der Waals surface area contributed by atoms with Crippen LogP contribution >= 0.6 is 11.6 Å². The summed E-state index contributed by atoms with van der Waals surface area (Å²) >= 11 is 5.56. The smallest absolute Gasteiger partial charge is 0.0223 e. The molecular weight excluding hydrogens is 158 g/mol. The summed E-state index contributed by atoms with van der Waals surface area (Å²) in [5.74, 6) is 0.796. The second-order valence-corrected chi connectivity index (χ2v) is 3.24. The van der Waals surface area contributed by atoms with Crippen molar-refractivity contribution in [2.45, 2.75) is 45.6 Å². The molecule has 2 heteroatoms. The van der Waals surface area contributed by atoms with Crippen molar-refractivity contribution in [2.75, 3.05) is 12.4 Å². The first kappa shape index (κ1) is 11.2. The molecule has 0 aromatic carbocycles. The molecule has 0 bridgehead atoms. The van der Waals surface area contributed by atoms with Crippen LogP contribution in [0.1, 0.15) is 39.5 Å². The van der Waals surface area contributed by atoms with Crippen LogP contribution in [0.5, 0.6) is 0 Å². The van der Waals surface area contributed by atoms with Crippen molar-refractivity contribution in [3.63, 3.8) is 0 Å². The molecule has 0 amide bonds. The molecule has 0 fully saturated rings. The van der Waals surface area contributed by atoms with E-state index in [1.807, 2.05) is 0 Å². The summed E-state index contributed by atoms with van der Waals surface area (Å²) in [4.78, 5) is 0. The van der Waals surface area contributed by atoms with E-state index in [1.54, 1.807) is 0 Å². The van der Waals surface area contributed by atoms with Gasteiger partial charge in [0.2, 0.25) is 0 Å². The number of rotatable bonds is 7. The Kier molecular flexibility index (Phi) is 8.54. The van der Waals surface area contributed by atoms with Gasteiger partial charge in [-0.1, -0.05) is 13.8 Å². The van der Waals surface area contributed by atoms with Crippen LogP contribution in [-0.4, -0.2) is 18.5 Å². The Labute approximate surface area is 75.5 Å². The Balaban J connectivity index is 3.07. The van der Waals surface area contributed by atoms with Crippen LogP contribution in [0.15, 0.2) is 0 Å². The molecular formula is C9H20ClN. The average Bonchev–Trinajstić information content (AvgIpc) is 2.05. The highest BCUT2D eigenvalue weighted by Gasteiger charge is 1.99. The van der Waals surface area contributed by atoms with E-state index in [1.165, 1.54) is 19.3 Å². The van der Waals surface area contributed by atoms with Crippen molar-refractivity contribution in [2.24, 2.45) is 0 Å². The molecule has 0 saturated heterocycles. The van der Waals surface area contributed by atoms with Crippen LogP contribution in [0.25, 0.3) is 0 Å². The Morgan fingerprint density at radius 2 is 1.82 bits per heavy atom. The van der Waals surface area contributed by atoms with Crippen LogP contribution in [0.4, 0.5) is 0 Å². The first-order valence-corrected chi connectivity index (χ1v) is 5.17. The Morgan fingerprint density at radius 1 is 1.18 bits per heavy atom. The quantitative estimate of drug-likeness (QED) is 0.466. The maximum absolute atomic E-state index is 5.56. The average molecular weight is 178 g/mol. The molecule has 0 aromatic heterocycles. The van der Waals surface area contributed by atoms with Gasteiger partial charge in [0.25, 0.3) is 0 Å². The fourth-order valence-electron chi connectivity index (χ4n) is 1.10. The van der Waals surface area contributed by atoms with Crippen molar-refractivity contribution < 1.29 is 0 Å². The lowest BCUT2D eigenvalue weighted by Gasteiger charge is -2.13. The molecule has 0 saturated carbocycles. The van der Waals surface area contributed by atoms with E-state index in [0.717, 1.165) is 18.8 Å². The summed E-state index contributed by atoms with van der Waals surface area (Å²) in [5, 5.41) is 3.50. The summed E-state index contributed by atoms with van der Waals surface area (Å²) in [5.41, 5.74) is 0. The van der Waals surface area contributed by atoms with E-state index in [0.29, 0.717) is 6.04 Å². The van der Waals surface area contributed by atoms with E-state index in [2.05, 4.69) is 19.2 Å². The summed E-state index contributed by atoms with van der Waals surface area (Å²) in [6.07, 6.45) is 4.81. The zero-order chi connectivity index (χ0) is 8.53. The predicted molar refractivity (Wildman–Crippen MR) is 52.3 cm³/mol. The molecule has 0 atom stereocenters. The van der Waals surface area contributed by atoms with Crippen molar-refractivity contribution in [3.05, 3.63) is 0 Å². The van der Waals surface area contributed by atoms with Crippen LogP contribution in [-0.2, 0) is 0 Å². The largest absolute Gasteiger partial charge is 0.314 e. The molecule has 68 valence electrons. The predicted octanol–water partition coefficient (Wildman–Crippen LogP) is 2.78. The standard InChI is InChI=1S/C9H20ClN/c1-3-9(4-2)11-8-6-5-7-10/h9,11H,3-8H2,1-2H3. The van der Waals surface area contributed by atoms with E-state index < -0.39 is 0 Å². The van der Waals surface area contributed by atoms with Crippen molar-refractivity contribution in [1.82, 2.24) is 5.32 Å². The normalized spacial score (nSPS) is 10.9. The lowest BCUT2D eigenvalue weighted by atomic mass is 10.1. The van der Waals surface area contributed by atoms with Gasteiger partial charge in [-0.3, -0.25) is 0 Å². The first-order chi connectivity index (χ1) is 5.35. The van der Waals surface area contributed by atoms with Crippen LogP contribution < -0.4 is 5.32 Å². The van der Waals surface area contributed by atoms with Gasteiger partial charge in [0.1, 0.15) is 0 Å². The van der Waals surface area contributed by atoms with E-state index in [-0.39, 0.29) is 0 Å². The molecule has 0 aliphatic carbocycles. The summed E-state index contributed by atoms with van der Waals surface area (Å²) in [6, 6.07) is 0.713. The highest BCUT2D eigenvalue weighted by molar-refractivity contribution is 6.17. The highest BCUT2D eigenvalue weighted by Crippen LogP contribution is 1.97. The highest BCUT2D eigenvalue weighted by atomic mass is 35.5. The molecule has 0 radical (unpaired) electrons. The van der Waals surface area contributed by atoms with Gasteiger partial charge in [-0.25, -0.2) is 0 Å². The zero-order valence-corrected chi connectivity index (χ0v) is 8.45. The molecule has 0 rings (SSSR count). The number of unbranched alkanes of at least 4 members (excludes halogenated alkanes) is 1. The Hall–Kier alpha value is 0.250. The van der Waals surface area contributed by atoms with E-state index in [4.69, 9.17) is 11.6 Å². The molecule has 0 heterocycles. The van der Waals surface area contributed by atoms with Gasteiger partial charge >= 0.3 is 0 Å². The van der Waals surface area contributed by atoms with Gasteiger partial charge in [-0.15, -0.1) is 11.6 Å². The summed E-state index contributed by atoms with van der Waals surface area (Å²) in [6.45, 7) is 5.57. The van der Waals surface area contributed by atoms with E-state index >= 15 is 0 Å². The number of hydrogen-bond donors (Lipinski definition) is 1. The maximum Gasteiger partial charge on any atom is 0.0223 e. The molecule has 1 N–H and O–H groups in total. The molecule has 0 aliphatic rings.